The Kier molecular flexibility index (Phi) is 5.94. The molecule has 3 aromatic rings. The molecular weight excluding hydrogens is 425 g/mol. The van der Waals surface area contributed by atoms with E-state index < -0.39 is 11.9 Å². The van der Waals surface area contributed by atoms with Crippen LogP contribution in [0, 0.1) is 0 Å². The first-order chi connectivity index (χ1) is 15.3. The summed E-state index contributed by atoms with van der Waals surface area (Å²) in [7, 11) is 1.52. The SMILES string of the molecule is CCc1cc(C(F)(F)F)n2nc([C@H]3CCN(C(=O)COc4ccccc4OC)C3)cc2n1. The monoisotopic (exact) mass is 448 g/mol. The second-order valence-corrected chi connectivity index (χ2v) is 7.59. The van der Waals surface area contributed by atoms with Gasteiger partial charge in [0.2, 0.25) is 0 Å². The molecule has 1 aliphatic rings. The predicted octanol–water partition coefficient (Wildman–Crippen LogP) is 3.71. The number of alkyl halides is 3. The Labute approximate surface area is 182 Å². The number of nitrogens with zero attached hydrogens (tertiary/aromatic N) is 4. The van der Waals surface area contributed by atoms with Gasteiger partial charge in [-0.15, -0.1) is 0 Å². The molecular formula is C22H23F3N4O3. The molecule has 1 amide bonds. The van der Waals surface area contributed by atoms with Gasteiger partial charge in [-0.1, -0.05) is 19.1 Å². The number of aryl methyl sites for hydroxylation is 1. The summed E-state index contributed by atoms with van der Waals surface area (Å²) >= 11 is 0. The van der Waals surface area contributed by atoms with Crippen molar-refractivity contribution in [3.8, 4) is 11.5 Å². The van der Waals surface area contributed by atoms with E-state index in [1.165, 1.54) is 7.11 Å². The second kappa shape index (κ2) is 8.68. The number of benzene rings is 1. The highest BCUT2D eigenvalue weighted by molar-refractivity contribution is 5.78. The molecule has 3 heterocycles. The van der Waals surface area contributed by atoms with Crippen LogP contribution in [-0.4, -0.2) is 52.2 Å². The maximum atomic E-state index is 13.5. The molecule has 0 saturated carbocycles. The zero-order valence-corrected chi connectivity index (χ0v) is 17.7. The van der Waals surface area contributed by atoms with Crippen LogP contribution < -0.4 is 9.47 Å². The molecule has 170 valence electrons. The number of likely N-dealkylation sites (tertiary alicyclic amines) is 1. The lowest BCUT2D eigenvalue weighted by atomic mass is 10.1. The highest BCUT2D eigenvalue weighted by Gasteiger charge is 2.36. The van der Waals surface area contributed by atoms with Crippen molar-refractivity contribution in [2.45, 2.75) is 31.9 Å². The summed E-state index contributed by atoms with van der Waals surface area (Å²) in [4.78, 5) is 18.5. The molecule has 1 aromatic carbocycles. The Morgan fingerprint density at radius 2 is 1.97 bits per heavy atom. The minimum Gasteiger partial charge on any atom is -0.493 e. The van der Waals surface area contributed by atoms with E-state index in [0.29, 0.717) is 48.8 Å². The lowest BCUT2D eigenvalue weighted by Gasteiger charge is -2.17. The van der Waals surface area contributed by atoms with Crippen LogP contribution in [-0.2, 0) is 17.4 Å². The highest BCUT2D eigenvalue weighted by atomic mass is 19.4. The van der Waals surface area contributed by atoms with Gasteiger partial charge in [0.15, 0.2) is 23.8 Å². The average molecular weight is 448 g/mol. The summed E-state index contributed by atoms with van der Waals surface area (Å²) in [6.07, 6.45) is -3.55. The summed E-state index contributed by atoms with van der Waals surface area (Å²) in [5.74, 6) is 0.628. The van der Waals surface area contributed by atoms with Gasteiger partial charge < -0.3 is 14.4 Å². The largest absolute Gasteiger partial charge is 0.493 e. The summed E-state index contributed by atoms with van der Waals surface area (Å²) in [5.41, 5.74) is 0.169. The number of para-hydroxylation sites is 2. The maximum Gasteiger partial charge on any atom is 0.433 e. The van der Waals surface area contributed by atoms with Crippen molar-refractivity contribution in [3.63, 3.8) is 0 Å². The number of rotatable bonds is 6. The number of carbonyl (C=O) groups is 1. The standard InChI is InChI=1S/C22H23F3N4O3/c1-3-15-10-19(22(23,24)25)29-20(26-15)11-16(27-29)14-8-9-28(12-14)21(30)13-32-18-7-5-4-6-17(18)31-2/h4-7,10-11,14H,3,8-9,12-13H2,1-2H3/t14-/m0/s1. The Morgan fingerprint density at radius 3 is 2.66 bits per heavy atom. The predicted molar refractivity (Wildman–Crippen MR) is 110 cm³/mol. The third kappa shape index (κ3) is 4.35. The first-order valence-corrected chi connectivity index (χ1v) is 10.3. The summed E-state index contributed by atoms with van der Waals surface area (Å²) in [6.45, 7) is 2.44. The van der Waals surface area contributed by atoms with E-state index in [0.717, 1.165) is 10.6 Å². The summed E-state index contributed by atoms with van der Waals surface area (Å²) in [5, 5.41) is 4.19. The number of carbonyl (C=O) groups excluding carboxylic acids is 1. The van der Waals surface area contributed by atoms with Crippen molar-refractivity contribution < 1.29 is 27.4 Å². The first-order valence-electron chi connectivity index (χ1n) is 10.3. The summed E-state index contributed by atoms with van der Waals surface area (Å²) in [6, 6.07) is 9.65. The van der Waals surface area contributed by atoms with Gasteiger partial charge in [0.1, 0.15) is 5.69 Å². The fraction of sp³-hybridized carbons (Fsp3) is 0.409. The zero-order valence-electron chi connectivity index (χ0n) is 17.7. The van der Waals surface area contributed by atoms with Gasteiger partial charge in [0.05, 0.1) is 12.8 Å². The van der Waals surface area contributed by atoms with Crippen LogP contribution in [0.2, 0.25) is 0 Å². The van der Waals surface area contributed by atoms with Gasteiger partial charge in [0.25, 0.3) is 5.91 Å². The van der Waals surface area contributed by atoms with Crippen LogP contribution in [0.15, 0.2) is 36.4 Å². The van der Waals surface area contributed by atoms with Crippen LogP contribution in [0.5, 0.6) is 11.5 Å². The number of halogens is 3. The average Bonchev–Trinajstić information content (AvgIpc) is 3.43. The van der Waals surface area contributed by atoms with Gasteiger partial charge in [-0.2, -0.15) is 18.3 Å². The Balaban J connectivity index is 1.47. The molecule has 0 spiro atoms. The molecule has 7 nitrogen and oxygen atoms in total. The molecule has 10 heteroatoms. The number of aromatic nitrogens is 3. The highest BCUT2D eigenvalue weighted by Crippen LogP contribution is 2.32. The van der Waals surface area contributed by atoms with E-state index in [1.807, 2.05) is 0 Å². The van der Waals surface area contributed by atoms with E-state index in [-0.39, 0.29) is 24.1 Å². The second-order valence-electron chi connectivity index (χ2n) is 7.59. The molecule has 2 aromatic heterocycles. The van der Waals surface area contributed by atoms with E-state index in [1.54, 1.807) is 42.2 Å². The van der Waals surface area contributed by atoms with Crippen LogP contribution in [0.25, 0.3) is 5.65 Å². The Bertz CT molecular complexity index is 1130. The lowest BCUT2D eigenvalue weighted by molar-refractivity contribution is -0.142. The first kappa shape index (κ1) is 21.9. The molecule has 0 N–H and O–H groups in total. The number of amides is 1. The minimum absolute atomic E-state index is 0.155. The maximum absolute atomic E-state index is 13.5. The Morgan fingerprint density at radius 1 is 1.22 bits per heavy atom. The zero-order chi connectivity index (χ0) is 22.9. The molecule has 1 fully saturated rings. The number of fused-ring (bicyclic) bond motifs is 1. The fourth-order valence-electron chi connectivity index (χ4n) is 3.82. The Hall–Kier alpha value is -3.30. The van der Waals surface area contributed by atoms with Gasteiger partial charge in [-0.25, -0.2) is 9.50 Å². The van der Waals surface area contributed by atoms with Crippen LogP contribution >= 0.6 is 0 Å². The third-order valence-electron chi connectivity index (χ3n) is 5.53. The van der Waals surface area contributed by atoms with E-state index >= 15 is 0 Å². The van der Waals surface area contributed by atoms with Crippen LogP contribution in [0.3, 0.4) is 0 Å². The number of hydrogen-bond acceptors (Lipinski definition) is 5. The third-order valence-corrected chi connectivity index (χ3v) is 5.53. The minimum atomic E-state index is -4.54. The molecule has 4 rings (SSSR count). The van der Waals surface area contributed by atoms with E-state index in [2.05, 4.69) is 10.1 Å². The molecule has 1 saturated heterocycles. The van der Waals surface area contributed by atoms with Crippen molar-refractivity contribution in [2.24, 2.45) is 0 Å². The smallest absolute Gasteiger partial charge is 0.433 e. The molecule has 0 unspecified atom stereocenters. The number of ether oxygens (including phenoxy) is 2. The van der Waals surface area contributed by atoms with Crippen molar-refractivity contribution >= 4 is 11.6 Å². The van der Waals surface area contributed by atoms with Gasteiger partial charge in [0, 0.05) is 30.8 Å². The van der Waals surface area contributed by atoms with Crippen LogP contribution in [0.1, 0.15) is 36.3 Å². The summed E-state index contributed by atoms with van der Waals surface area (Å²) < 4.78 is 52.2. The number of hydrogen-bond donors (Lipinski definition) is 0. The van der Waals surface area contributed by atoms with Gasteiger partial charge >= 0.3 is 6.18 Å². The molecule has 0 bridgehead atoms. The number of methoxy groups -OCH3 is 1. The van der Waals surface area contributed by atoms with Crippen molar-refractivity contribution in [3.05, 3.63) is 53.5 Å². The van der Waals surface area contributed by atoms with Crippen molar-refractivity contribution in [2.75, 3.05) is 26.8 Å². The van der Waals surface area contributed by atoms with Gasteiger partial charge in [-0.05, 0) is 31.0 Å². The van der Waals surface area contributed by atoms with Crippen molar-refractivity contribution in [1.82, 2.24) is 19.5 Å². The quantitative estimate of drug-likeness (QED) is 0.575. The molecule has 0 radical (unpaired) electrons. The molecule has 1 aliphatic heterocycles. The molecule has 32 heavy (non-hydrogen) atoms. The van der Waals surface area contributed by atoms with E-state index in [9.17, 15) is 18.0 Å². The fourth-order valence-corrected chi connectivity index (χ4v) is 3.82. The topological polar surface area (TPSA) is 69.0 Å². The normalized spacial score (nSPS) is 16.5. The van der Waals surface area contributed by atoms with Crippen molar-refractivity contribution in [1.29, 1.82) is 0 Å². The molecule has 0 aliphatic carbocycles. The lowest BCUT2D eigenvalue weighted by Crippen LogP contribution is -2.32. The molecule has 1 atom stereocenters. The van der Waals surface area contributed by atoms with E-state index in [4.69, 9.17) is 9.47 Å². The van der Waals surface area contributed by atoms with Crippen LogP contribution in [0.4, 0.5) is 13.2 Å². The van der Waals surface area contributed by atoms with Gasteiger partial charge in [-0.3, -0.25) is 4.79 Å².